The number of ether oxygens (including phenoxy) is 1. The van der Waals surface area contributed by atoms with Gasteiger partial charge in [-0.15, -0.1) is 10.2 Å². The molecular formula is C21H22N4O2. The van der Waals surface area contributed by atoms with Gasteiger partial charge < -0.3 is 14.6 Å². The summed E-state index contributed by atoms with van der Waals surface area (Å²) in [6.45, 7) is 0.964. The summed E-state index contributed by atoms with van der Waals surface area (Å²) in [6.07, 6.45) is 4.56. The number of benzene rings is 2. The average Bonchev–Trinajstić information content (AvgIpc) is 2.96. The molecule has 138 valence electrons. The molecule has 2 heterocycles. The van der Waals surface area contributed by atoms with Crippen LogP contribution >= 0.6 is 0 Å². The van der Waals surface area contributed by atoms with Crippen molar-refractivity contribution in [3.05, 3.63) is 59.9 Å². The molecule has 1 aromatic heterocycles. The zero-order valence-corrected chi connectivity index (χ0v) is 15.3. The zero-order chi connectivity index (χ0) is 18.6. The second-order valence-corrected chi connectivity index (χ2v) is 6.67. The summed E-state index contributed by atoms with van der Waals surface area (Å²) in [5.41, 5.74) is 2.30. The lowest BCUT2D eigenvalue weighted by atomic mass is 10.1. The number of rotatable bonds is 4. The van der Waals surface area contributed by atoms with E-state index in [-0.39, 0.29) is 5.91 Å². The number of hydrogen-bond donors (Lipinski definition) is 1. The predicted molar refractivity (Wildman–Crippen MR) is 104 cm³/mol. The number of nitrogens with zero attached hydrogens (tertiary/aromatic N) is 3. The van der Waals surface area contributed by atoms with Crippen molar-refractivity contribution in [3.63, 3.8) is 0 Å². The molecule has 0 bridgehead atoms. The van der Waals surface area contributed by atoms with Crippen molar-refractivity contribution in [2.24, 2.45) is 0 Å². The van der Waals surface area contributed by atoms with Gasteiger partial charge in [-0.3, -0.25) is 4.79 Å². The molecule has 0 fully saturated rings. The van der Waals surface area contributed by atoms with Crippen LogP contribution < -0.4 is 10.1 Å². The Bertz CT molecular complexity index is 947. The predicted octanol–water partition coefficient (Wildman–Crippen LogP) is 3.93. The first-order valence-corrected chi connectivity index (χ1v) is 9.22. The number of carbonyl (C=O) groups excluding carboxylic acids is 1. The van der Waals surface area contributed by atoms with Crippen LogP contribution in [0.4, 0.5) is 5.69 Å². The monoisotopic (exact) mass is 362 g/mol. The SMILES string of the molecule is COc1cccc(C(=O)Nc2ccc(-c3nnc4n3CCCCC4)cc2)c1. The molecule has 3 aromatic rings. The maximum Gasteiger partial charge on any atom is 0.255 e. The van der Waals surface area contributed by atoms with Crippen molar-refractivity contribution < 1.29 is 9.53 Å². The quantitative estimate of drug-likeness (QED) is 0.763. The lowest BCUT2D eigenvalue weighted by Gasteiger charge is -2.09. The van der Waals surface area contributed by atoms with E-state index < -0.39 is 0 Å². The van der Waals surface area contributed by atoms with Gasteiger partial charge in [0.2, 0.25) is 0 Å². The molecule has 2 aromatic carbocycles. The number of amides is 1. The lowest BCUT2D eigenvalue weighted by Crippen LogP contribution is -2.11. The van der Waals surface area contributed by atoms with Crippen LogP contribution in [0.25, 0.3) is 11.4 Å². The maximum absolute atomic E-state index is 12.4. The summed E-state index contributed by atoms with van der Waals surface area (Å²) in [4.78, 5) is 12.4. The molecule has 0 saturated heterocycles. The fourth-order valence-electron chi connectivity index (χ4n) is 3.37. The van der Waals surface area contributed by atoms with Crippen molar-refractivity contribution in [1.82, 2.24) is 14.8 Å². The molecule has 0 saturated carbocycles. The number of carbonyl (C=O) groups is 1. The number of fused-ring (bicyclic) bond motifs is 1. The molecule has 6 nitrogen and oxygen atoms in total. The molecule has 1 amide bonds. The number of methoxy groups -OCH3 is 1. The Kier molecular flexibility index (Phi) is 4.87. The first-order chi connectivity index (χ1) is 13.2. The van der Waals surface area contributed by atoms with E-state index in [4.69, 9.17) is 4.74 Å². The van der Waals surface area contributed by atoms with Gasteiger partial charge in [0.05, 0.1) is 7.11 Å². The van der Waals surface area contributed by atoms with Gasteiger partial charge in [0.15, 0.2) is 5.82 Å². The maximum atomic E-state index is 12.4. The summed E-state index contributed by atoms with van der Waals surface area (Å²) in [5, 5.41) is 11.6. The minimum absolute atomic E-state index is 0.169. The molecule has 0 aliphatic carbocycles. The molecule has 0 atom stereocenters. The van der Waals surface area contributed by atoms with Gasteiger partial charge in [-0.05, 0) is 55.3 Å². The fraction of sp³-hybridized carbons (Fsp3) is 0.286. The van der Waals surface area contributed by atoms with Gasteiger partial charge in [0, 0.05) is 29.8 Å². The van der Waals surface area contributed by atoms with Gasteiger partial charge in [-0.1, -0.05) is 12.5 Å². The molecule has 0 spiro atoms. The van der Waals surface area contributed by atoms with Crippen LogP contribution in [0.1, 0.15) is 35.4 Å². The summed E-state index contributed by atoms with van der Waals surface area (Å²) >= 11 is 0. The first kappa shape index (κ1) is 17.3. The molecule has 0 unspecified atom stereocenters. The second kappa shape index (κ2) is 7.61. The van der Waals surface area contributed by atoms with Crippen LogP contribution in [-0.4, -0.2) is 27.8 Å². The minimum atomic E-state index is -0.169. The van der Waals surface area contributed by atoms with E-state index in [1.807, 2.05) is 30.3 Å². The van der Waals surface area contributed by atoms with E-state index in [9.17, 15) is 4.79 Å². The fourth-order valence-corrected chi connectivity index (χ4v) is 3.37. The third kappa shape index (κ3) is 3.69. The van der Waals surface area contributed by atoms with Gasteiger partial charge in [0.1, 0.15) is 11.6 Å². The molecular weight excluding hydrogens is 340 g/mol. The Morgan fingerprint density at radius 3 is 2.74 bits per heavy atom. The number of aryl methyl sites for hydroxylation is 1. The lowest BCUT2D eigenvalue weighted by molar-refractivity contribution is 0.102. The van der Waals surface area contributed by atoms with Gasteiger partial charge >= 0.3 is 0 Å². The Morgan fingerprint density at radius 1 is 1.07 bits per heavy atom. The molecule has 1 N–H and O–H groups in total. The highest BCUT2D eigenvalue weighted by atomic mass is 16.5. The summed E-state index contributed by atoms with van der Waals surface area (Å²) in [7, 11) is 1.58. The highest BCUT2D eigenvalue weighted by molar-refractivity contribution is 6.04. The van der Waals surface area contributed by atoms with Crippen molar-refractivity contribution in [3.8, 4) is 17.1 Å². The number of hydrogen-bond acceptors (Lipinski definition) is 4. The van der Waals surface area contributed by atoms with Gasteiger partial charge in [0.25, 0.3) is 5.91 Å². The van der Waals surface area contributed by atoms with E-state index in [0.29, 0.717) is 11.3 Å². The average molecular weight is 362 g/mol. The molecule has 27 heavy (non-hydrogen) atoms. The van der Waals surface area contributed by atoms with Gasteiger partial charge in [-0.25, -0.2) is 0 Å². The number of aromatic nitrogens is 3. The van der Waals surface area contributed by atoms with E-state index in [1.54, 1.807) is 25.3 Å². The minimum Gasteiger partial charge on any atom is -0.497 e. The topological polar surface area (TPSA) is 69.0 Å². The smallest absolute Gasteiger partial charge is 0.255 e. The third-order valence-electron chi connectivity index (χ3n) is 4.84. The largest absolute Gasteiger partial charge is 0.497 e. The number of nitrogens with one attached hydrogen (secondary N) is 1. The second-order valence-electron chi connectivity index (χ2n) is 6.67. The Morgan fingerprint density at radius 2 is 1.93 bits per heavy atom. The summed E-state index contributed by atoms with van der Waals surface area (Å²) < 4.78 is 7.39. The third-order valence-corrected chi connectivity index (χ3v) is 4.84. The van der Waals surface area contributed by atoms with Gasteiger partial charge in [-0.2, -0.15) is 0 Å². The van der Waals surface area contributed by atoms with Crippen LogP contribution in [0.5, 0.6) is 5.75 Å². The molecule has 0 radical (unpaired) electrons. The molecule has 1 aliphatic rings. The Hall–Kier alpha value is -3.15. The van der Waals surface area contributed by atoms with Crippen LogP contribution in [0, 0.1) is 0 Å². The van der Waals surface area contributed by atoms with E-state index >= 15 is 0 Å². The molecule has 6 heteroatoms. The van der Waals surface area contributed by atoms with Crippen molar-refractivity contribution in [1.29, 1.82) is 0 Å². The van der Waals surface area contributed by atoms with Crippen LogP contribution in [0.2, 0.25) is 0 Å². The van der Waals surface area contributed by atoms with E-state index in [2.05, 4.69) is 20.1 Å². The summed E-state index contributed by atoms with van der Waals surface area (Å²) in [6, 6.07) is 14.8. The van der Waals surface area contributed by atoms with Crippen LogP contribution in [0.3, 0.4) is 0 Å². The highest BCUT2D eigenvalue weighted by Gasteiger charge is 2.16. The Balaban J connectivity index is 1.51. The number of anilines is 1. The van der Waals surface area contributed by atoms with Crippen molar-refractivity contribution in [2.45, 2.75) is 32.2 Å². The standard InChI is InChI=1S/C21H22N4O2/c1-27-18-7-5-6-16(14-18)21(26)22-17-11-9-15(10-12-17)20-24-23-19-8-3-2-4-13-25(19)20/h5-7,9-12,14H,2-4,8,13H2,1H3,(H,22,26). The van der Waals surface area contributed by atoms with Crippen molar-refractivity contribution in [2.75, 3.05) is 12.4 Å². The van der Waals surface area contributed by atoms with Crippen molar-refractivity contribution >= 4 is 11.6 Å². The zero-order valence-electron chi connectivity index (χ0n) is 15.3. The van der Waals surface area contributed by atoms with E-state index in [1.165, 1.54) is 12.8 Å². The Labute approximate surface area is 158 Å². The normalized spacial score (nSPS) is 13.5. The van der Waals surface area contributed by atoms with Crippen LogP contribution in [-0.2, 0) is 13.0 Å². The van der Waals surface area contributed by atoms with Crippen LogP contribution in [0.15, 0.2) is 48.5 Å². The van der Waals surface area contributed by atoms with E-state index in [0.717, 1.165) is 42.3 Å². The first-order valence-electron chi connectivity index (χ1n) is 9.22. The molecule has 1 aliphatic heterocycles. The molecule has 4 rings (SSSR count). The summed E-state index contributed by atoms with van der Waals surface area (Å²) in [5.74, 6) is 2.46. The highest BCUT2D eigenvalue weighted by Crippen LogP contribution is 2.24.